The summed E-state index contributed by atoms with van der Waals surface area (Å²) in [4.78, 5) is 23.5. The number of nitriles is 1. The van der Waals surface area contributed by atoms with E-state index in [-0.39, 0.29) is 10.9 Å². The minimum absolute atomic E-state index is 0.258. The maximum absolute atomic E-state index is 12.3. The number of amides is 1. The number of anilines is 1. The van der Waals surface area contributed by atoms with Gasteiger partial charge in [0, 0.05) is 5.69 Å². The molecule has 1 aromatic carbocycles. The zero-order chi connectivity index (χ0) is 15.4. The molecule has 0 radical (unpaired) electrons. The molecule has 1 aliphatic carbocycles. The molecule has 1 aromatic rings. The molecule has 5 nitrogen and oxygen atoms in total. The van der Waals surface area contributed by atoms with Crippen molar-refractivity contribution >= 4 is 29.2 Å². The molecule has 2 N–H and O–H groups in total. The highest BCUT2D eigenvalue weighted by Gasteiger charge is 2.35. The Balaban J connectivity index is 2.11. The van der Waals surface area contributed by atoms with Crippen molar-refractivity contribution in [2.24, 2.45) is 11.8 Å². The van der Waals surface area contributed by atoms with Crippen LogP contribution >= 0.6 is 11.6 Å². The van der Waals surface area contributed by atoms with E-state index in [1.165, 1.54) is 12.1 Å². The van der Waals surface area contributed by atoms with Crippen LogP contribution in [0.5, 0.6) is 0 Å². The predicted octanol–water partition coefficient (Wildman–Crippen LogP) is 3.04. The first-order valence-electron chi connectivity index (χ1n) is 6.76. The lowest BCUT2D eigenvalue weighted by Gasteiger charge is -2.27. The standard InChI is InChI=1S/C15H15ClN2O3/c16-13-7-10(6-5-9(13)8-17)18-14(19)11-3-1-2-4-12(11)15(20)21/h5-7,11-12H,1-4H2,(H,18,19)(H,20,21). The first-order valence-corrected chi connectivity index (χ1v) is 7.14. The minimum Gasteiger partial charge on any atom is -0.481 e. The van der Waals surface area contributed by atoms with Crippen LogP contribution in [0.2, 0.25) is 5.02 Å². The van der Waals surface area contributed by atoms with Crippen molar-refractivity contribution in [3.63, 3.8) is 0 Å². The molecular formula is C15H15ClN2O3. The normalized spacial score (nSPS) is 21.3. The summed E-state index contributed by atoms with van der Waals surface area (Å²) >= 11 is 5.91. The molecule has 6 heteroatoms. The summed E-state index contributed by atoms with van der Waals surface area (Å²) in [7, 11) is 0. The van der Waals surface area contributed by atoms with Crippen LogP contribution in [-0.2, 0) is 9.59 Å². The Bertz CT molecular complexity index is 609. The lowest BCUT2D eigenvalue weighted by atomic mass is 9.78. The fourth-order valence-electron chi connectivity index (χ4n) is 2.66. The molecule has 0 aliphatic heterocycles. The lowest BCUT2D eigenvalue weighted by Crippen LogP contribution is -2.36. The Labute approximate surface area is 127 Å². The second-order valence-corrected chi connectivity index (χ2v) is 5.54. The predicted molar refractivity (Wildman–Crippen MR) is 77.9 cm³/mol. The van der Waals surface area contributed by atoms with E-state index in [9.17, 15) is 14.7 Å². The van der Waals surface area contributed by atoms with Crippen LogP contribution in [0.25, 0.3) is 0 Å². The molecule has 1 aliphatic rings. The van der Waals surface area contributed by atoms with Gasteiger partial charge in [0.2, 0.25) is 5.91 Å². The Morgan fingerprint density at radius 2 is 1.95 bits per heavy atom. The topological polar surface area (TPSA) is 90.2 Å². The van der Waals surface area contributed by atoms with Crippen molar-refractivity contribution in [2.45, 2.75) is 25.7 Å². The van der Waals surface area contributed by atoms with Gasteiger partial charge >= 0.3 is 5.97 Å². The van der Waals surface area contributed by atoms with E-state index < -0.39 is 17.8 Å². The zero-order valence-electron chi connectivity index (χ0n) is 11.3. The van der Waals surface area contributed by atoms with E-state index >= 15 is 0 Å². The Kier molecular flexibility index (Phi) is 4.81. The number of halogens is 1. The van der Waals surface area contributed by atoms with Crippen LogP contribution in [0.1, 0.15) is 31.2 Å². The summed E-state index contributed by atoms with van der Waals surface area (Å²) in [5, 5.41) is 21.0. The fraction of sp³-hybridized carbons (Fsp3) is 0.400. The molecule has 21 heavy (non-hydrogen) atoms. The van der Waals surface area contributed by atoms with Gasteiger partial charge in [-0.1, -0.05) is 24.4 Å². The van der Waals surface area contributed by atoms with Crippen molar-refractivity contribution < 1.29 is 14.7 Å². The Morgan fingerprint density at radius 3 is 2.52 bits per heavy atom. The highest BCUT2D eigenvalue weighted by atomic mass is 35.5. The van der Waals surface area contributed by atoms with Crippen molar-refractivity contribution in [1.29, 1.82) is 5.26 Å². The van der Waals surface area contributed by atoms with Gasteiger partial charge in [-0.25, -0.2) is 0 Å². The summed E-state index contributed by atoms with van der Waals surface area (Å²) in [5.74, 6) is -2.38. The van der Waals surface area contributed by atoms with Crippen LogP contribution in [-0.4, -0.2) is 17.0 Å². The average molecular weight is 307 g/mol. The summed E-state index contributed by atoms with van der Waals surface area (Å²) in [6.45, 7) is 0. The van der Waals surface area contributed by atoms with Gasteiger partial charge in [-0.15, -0.1) is 0 Å². The Hall–Kier alpha value is -2.06. The molecule has 2 atom stereocenters. The molecule has 110 valence electrons. The lowest BCUT2D eigenvalue weighted by molar-refractivity contribution is -0.147. The van der Waals surface area contributed by atoms with Gasteiger partial charge in [0.25, 0.3) is 0 Å². The van der Waals surface area contributed by atoms with Crippen LogP contribution in [0.3, 0.4) is 0 Å². The van der Waals surface area contributed by atoms with E-state index in [0.29, 0.717) is 24.1 Å². The number of hydrogen-bond acceptors (Lipinski definition) is 3. The van der Waals surface area contributed by atoms with Crippen molar-refractivity contribution in [3.8, 4) is 6.07 Å². The van der Waals surface area contributed by atoms with Gasteiger partial charge in [0.1, 0.15) is 6.07 Å². The number of carboxylic acid groups (broad SMARTS) is 1. The highest BCUT2D eigenvalue weighted by molar-refractivity contribution is 6.32. The van der Waals surface area contributed by atoms with Gasteiger partial charge in [-0.3, -0.25) is 9.59 Å². The van der Waals surface area contributed by atoms with E-state index in [1.54, 1.807) is 6.07 Å². The van der Waals surface area contributed by atoms with Gasteiger partial charge < -0.3 is 10.4 Å². The molecule has 2 unspecified atom stereocenters. The molecule has 2 rings (SSSR count). The summed E-state index contributed by atoms with van der Waals surface area (Å²) in [5.41, 5.74) is 0.800. The molecule has 0 spiro atoms. The molecule has 0 heterocycles. The summed E-state index contributed by atoms with van der Waals surface area (Å²) in [6, 6.07) is 6.54. The number of nitrogens with one attached hydrogen (secondary N) is 1. The van der Waals surface area contributed by atoms with E-state index in [4.69, 9.17) is 16.9 Å². The van der Waals surface area contributed by atoms with Gasteiger partial charge in [0.05, 0.1) is 22.4 Å². The van der Waals surface area contributed by atoms with E-state index in [2.05, 4.69) is 5.32 Å². The van der Waals surface area contributed by atoms with Crippen molar-refractivity contribution in [2.75, 3.05) is 5.32 Å². The quantitative estimate of drug-likeness (QED) is 0.898. The molecule has 1 amide bonds. The number of benzene rings is 1. The number of carbonyl (C=O) groups excluding carboxylic acids is 1. The van der Waals surface area contributed by atoms with Crippen LogP contribution in [0.4, 0.5) is 5.69 Å². The van der Waals surface area contributed by atoms with E-state index in [0.717, 1.165) is 12.8 Å². The first-order chi connectivity index (χ1) is 10.0. The summed E-state index contributed by atoms with van der Waals surface area (Å²) in [6.07, 6.45) is 2.80. The molecule has 1 saturated carbocycles. The molecule has 1 fully saturated rings. The first kappa shape index (κ1) is 15.3. The molecule has 0 bridgehead atoms. The van der Waals surface area contributed by atoms with Crippen LogP contribution in [0.15, 0.2) is 18.2 Å². The average Bonchev–Trinajstić information content (AvgIpc) is 2.47. The second kappa shape index (κ2) is 6.59. The monoisotopic (exact) mass is 306 g/mol. The molecule has 0 saturated heterocycles. The second-order valence-electron chi connectivity index (χ2n) is 5.13. The smallest absolute Gasteiger partial charge is 0.307 e. The maximum Gasteiger partial charge on any atom is 0.307 e. The van der Waals surface area contributed by atoms with Crippen LogP contribution in [0, 0.1) is 23.2 Å². The van der Waals surface area contributed by atoms with Crippen molar-refractivity contribution in [3.05, 3.63) is 28.8 Å². The summed E-state index contributed by atoms with van der Waals surface area (Å²) < 4.78 is 0. The molecule has 0 aromatic heterocycles. The third-order valence-corrected chi connectivity index (χ3v) is 4.09. The molecular weight excluding hydrogens is 292 g/mol. The third-order valence-electron chi connectivity index (χ3n) is 3.78. The zero-order valence-corrected chi connectivity index (χ0v) is 12.1. The number of hydrogen-bond donors (Lipinski definition) is 2. The number of aliphatic carboxylic acids is 1. The van der Waals surface area contributed by atoms with Crippen LogP contribution < -0.4 is 5.32 Å². The fourth-order valence-corrected chi connectivity index (χ4v) is 2.88. The van der Waals surface area contributed by atoms with Crippen molar-refractivity contribution in [1.82, 2.24) is 0 Å². The minimum atomic E-state index is -0.923. The maximum atomic E-state index is 12.3. The van der Waals surface area contributed by atoms with Gasteiger partial charge in [-0.05, 0) is 31.0 Å². The SMILES string of the molecule is N#Cc1ccc(NC(=O)C2CCCCC2C(=O)O)cc1Cl. The largest absolute Gasteiger partial charge is 0.481 e. The number of carbonyl (C=O) groups is 2. The number of nitrogens with zero attached hydrogens (tertiary/aromatic N) is 1. The van der Waals surface area contributed by atoms with Gasteiger partial charge in [-0.2, -0.15) is 5.26 Å². The number of rotatable bonds is 3. The Morgan fingerprint density at radius 1 is 1.29 bits per heavy atom. The highest BCUT2D eigenvalue weighted by Crippen LogP contribution is 2.31. The van der Waals surface area contributed by atoms with E-state index in [1.807, 2.05) is 6.07 Å². The van der Waals surface area contributed by atoms with Gasteiger partial charge in [0.15, 0.2) is 0 Å². The third kappa shape index (κ3) is 3.53. The number of carboxylic acids is 1.